The fourth-order valence-corrected chi connectivity index (χ4v) is 4.02. The largest absolute Gasteiger partial charge is 0.444 e. The fraction of sp³-hybridized carbons (Fsp3) is 0.500. The number of rotatable bonds is 1. The van der Waals surface area contributed by atoms with Crippen LogP contribution in [0.5, 0.6) is 0 Å². The summed E-state index contributed by atoms with van der Waals surface area (Å²) in [4.78, 5) is 31.8. The number of nitrogens with zero attached hydrogens (tertiary/aromatic N) is 2. The van der Waals surface area contributed by atoms with E-state index in [9.17, 15) is 18.4 Å². The van der Waals surface area contributed by atoms with Crippen molar-refractivity contribution in [1.29, 1.82) is 0 Å². The zero-order valence-electron chi connectivity index (χ0n) is 16.1. The molecule has 0 saturated carbocycles. The normalized spacial score (nSPS) is 22.0. The number of carbonyl (C=O) groups is 2. The minimum absolute atomic E-state index is 0.0944. The Balaban J connectivity index is 1.52. The van der Waals surface area contributed by atoms with Crippen molar-refractivity contribution in [2.45, 2.75) is 51.3 Å². The van der Waals surface area contributed by atoms with Gasteiger partial charge in [-0.25, -0.2) is 13.6 Å². The van der Waals surface area contributed by atoms with Gasteiger partial charge in [-0.1, -0.05) is 0 Å². The number of piperazine rings is 1. The Kier molecular flexibility index (Phi) is 4.32. The van der Waals surface area contributed by atoms with E-state index < -0.39 is 17.2 Å². The third kappa shape index (κ3) is 3.31. The molecule has 5 rings (SSSR count). The van der Waals surface area contributed by atoms with Gasteiger partial charge in [0.25, 0.3) is 5.91 Å². The summed E-state index contributed by atoms with van der Waals surface area (Å²) in [5, 5.41) is 0.444. The molecule has 8 heteroatoms. The molecule has 2 bridgehead atoms. The maximum atomic E-state index is 13.4. The van der Waals surface area contributed by atoms with Gasteiger partial charge in [0.15, 0.2) is 11.6 Å². The number of piperidine rings is 2. The van der Waals surface area contributed by atoms with Crippen LogP contribution in [0.4, 0.5) is 13.6 Å². The van der Waals surface area contributed by atoms with Crippen molar-refractivity contribution in [3.63, 3.8) is 0 Å². The number of hydrogen-bond donors (Lipinski definition) is 1. The topological polar surface area (TPSA) is 65.6 Å². The number of halogens is 2. The molecule has 3 saturated heterocycles. The molecule has 2 aromatic rings. The van der Waals surface area contributed by atoms with Gasteiger partial charge in [0, 0.05) is 36.1 Å². The molecule has 2 amide bonds. The lowest BCUT2D eigenvalue weighted by atomic mass is 9.91. The zero-order chi connectivity index (χ0) is 20.2. The third-order valence-electron chi connectivity index (χ3n) is 5.31. The summed E-state index contributed by atoms with van der Waals surface area (Å²) in [6.45, 7) is 6.31. The van der Waals surface area contributed by atoms with Crippen molar-refractivity contribution in [3.8, 4) is 0 Å². The van der Waals surface area contributed by atoms with E-state index in [4.69, 9.17) is 4.74 Å². The number of amides is 2. The Bertz CT molecular complexity index is 911. The summed E-state index contributed by atoms with van der Waals surface area (Å²) in [6.07, 6.45) is 1.27. The minimum atomic E-state index is -0.960. The SMILES string of the molecule is CC(C)(C)OC(=O)N1CC2CCC1CN2C(=O)c1cc2cc(F)c(F)cc2[nH]1. The van der Waals surface area contributed by atoms with Gasteiger partial charge in [0.05, 0.1) is 6.04 Å². The maximum absolute atomic E-state index is 13.4. The molecule has 1 aromatic heterocycles. The number of fused-ring (bicyclic) bond motifs is 4. The summed E-state index contributed by atoms with van der Waals surface area (Å²) >= 11 is 0. The van der Waals surface area contributed by atoms with Crippen molar-refractivity contribution in [3.05, 3.63) is 35.5 Å². The Hall–Kier alpha value is -2.64. The summed E-state index contributed by atoms with van der Waals surface area (Å²) in [6, 6.07) is 3.46. The molecule has 4 heterocycles. The van der Waals surface area contributed by atoms with Crippen LogP contribution in [0.1, 0.15) is 44.1 Å². The predicted octanol–water partition coefficient (Wildman–Crippen LogP) is 3.67. The first kappa shape index (κ1) is 18.7. The number of ether oxygens (including phenoxy) is 1. The second-order valence-electron chi connectivity index (χ2n) is 8.51. The van der Waals surface area contributed by atoms with Crippen molar-refractivity contribution >= 4 is 22.9 Å². The maximum Gasteiger partial charge on any atom is 0.410 e. The molecule has 1 aromatic carbocycles. The van der Waals surface area contributed by atoms with E-state index in [1.165, 1.54) is 6.07 Å². The smallest absolute Gasteiger partial charge is 0.410 e. The molecule has 3 aliphatic heterocycles. The van der Waals surface area contributed by atoms with Gasteiger partial charge in [0.1, 0.15) is 11.3 Å². The van der Waals surface area contributed by atoms with E-state index in [1.54, 1.807) is 9.80 Å². The lowest BCUT2D eigenvalue weighted by Crippen LogP contribution is -2.65. The van der Waals surface area contributed by atoms with Crippen molar-refractivity contribution in [2.24, 2.45) is 0 Å². The number of nitrogens with one attached hydrogen (secondary N) is 1. The minimum Gasteiger partial charge on any atom is -0.444 e. The average Bonchev–Trinajstić information content (AvgIpc) is 3.03. The van der Waals surface area contributed by atoms with Crippen LogP contribution in [0.3, 0.4) is 0 Å². The van der Waals surface area contributed by atoms with Crippen LogP contribution >= 0.6 is 0 Å². The second kappa shape index (κ2) is 6.46. The highest BCUT2D eigenvalue weighted by molar-refractivity contribution is 5.98. The van der Waals surface area contributed by atoms with Gasteiger partial charge in [0.2, 0.25) is 0 Å². The molecule has 6 nitrogen and oxygen atoms in total. The Morgan fingerprint density at radius 1 is 1.04 bits per heavy atom. The van der Waals surface area contributed by atoms with Gasteiger partial charge in [-0.3, -0.25) is 4.79 Å². The lowest BCUT2D eigenvalue weighted by molar-refractivity contribution is -0.0342. The molecule has 0 spiro atoms. The highest BCUT2D eigenvalue weighted by atomic mass is 19.2. The van der Waals surface area contributed by atoms with Crippen LogP contribution in [0.25, 0.3) is 10.9 Å². The highest BCUT2D eigenvalue weighted by Gasteiger charge is 2.44. The van der Waals surface area contributed by atoms with Gasteiger partial charge in [-0.05, 0) is 45.7 Å². The van der Waals surface area contributed by atoms with Crippen molar-refractivity contribution < 1.29 is 23.1 Å². The van der Waals surface area contributed by atoms with Crippen LogP contribution in [0, 0.1) is 11.6 Å². The number of benzene rings is 1. The van der Waals surface area contributed by atoms with Crippen LogP contribution in [-0.2, 0) is 4.74 Å². The number of carbonyl (C=O) groups excluding carboxylic acids is 2. The Morgan fingerprint density at radius 3 is 2.25 bits per heavy atom. The number of aromatic amines is 1. The molecule has 3 aliphatic rings. The van der Waals surface area contributed by atoms with Crippen molar-refractivity contribution in [1.82, 2.24) is 14.8 Å². The third-order valence-corrected chi connectivity index (χ3v) is 5.31. The second-order valence-corrected chi connectivity index (χ2v) is 8.51. The van der Waals surface area contributed by atoms with Crippen LogP contribution in [0.15, 0.2) is 18.2 Å². The van der Waals surface area contributed by atoms with Gasteiger partial charge >= 0.3 is 6.09 Å². The van der Waals surface area contributed by atoms with Crippen LogP contribution in [-0.4, -0.2) is 57.6 Å². The van der Waals surface area contributed by atoms with E-state index in [2.05, 4.69) is 4.98 Å². The van der Waals surface area contributed by atoms with Crippen LogP contribution in [0.2, 0.25) is 0 Å². The first-order valence-electron chi connectivity index (χ1n) is 9.41. The zero-order valence-corrected chi connectivity index (χ0v) is 16.1. The Morgan fingerprint density at radius 2 is 1.64 bits per heavy atom. The predicted molar refractivity (Wildman–Crippen MR) is 99.0 cm³/mol. The molecule has 150 valence electrons. The van der Waals surface area contributed by atoms with Gasteiger partial charge in [-0.2, -0.15) is 0 Å². The molecular weight excluding hydrogens is 368 g/mol. The summed E-state index contributed by atoms with van der Waals surface area (Å²) in [5.74, 6) is -2.13. The molecule has 2 unspecified atom stereocenters. The van der Waals surface area contributed by atoms with Crippen LogP contribution < -0.4 is 0 Å². The molecule has 3 fully saturated rings. The van der Waals surface area contributed by atoms with E-state index in [1.807, 2.05) is 20.8 Å². The summed E-state index contributed by atoms with van der Waals surface area (Å²) < 4.78 is 32.4. The molecule has 28 heavy (non-hydrogen) atoms. The lowest BCUT2D eigenvalue weighted by Gasteiger charge is -2.51. The molecule has 1 N–H and O–H groups in total. The highest BCUT2D eigenvalue weighted by Crippen LogP contribution is 2.31. The summed E-state index contributed by atoms with van der Waals surface area (Å²) in [5.41, 5.74) is 0.0919. The fourth-order valence-electron chi connectivity index (χ4n) is 4.02. The quantitative estimate of drug-likeness (QED) is 0.807. The standard InChI is InChI=1S/C20H23F2N3O3/c1-20(2,3)28-19(27)25-10-12-4-5-13(25)9-24(12)18(26)17-7-11-6-14(21)15(22)8-16(11)23-17/h6-8,12-13,23H,4-5,9-10H2,1-3H3. The van der Waals surface area contributed by atoms with E-state index in [0.29, 0.717) is 24.0 Å². The van der Waals surface area contributed by atoms with Crippen molar-refractivity contribution in [2.75, 3.05) is 13.1 Å². The molecule has 2 atom stereocenters. The number of aromatic nitrogens is 1. The first-order valence-corrected chi connectivity index (χ1v) is 9.41. The molecule has 0 aliphatic carbocycles. The first-order chi connectivity index (χ1) is 13.1. The monoisotopic (exact) mass is 391 g/mol. The van der Waals surface area contributed by atoms with E-state index >= 15 is 0 Å². The van der Waals surface area contributed by atoms with E-state index in [-0.39, 0.29) is 29.8 Å². The average molecular weight is 391 g/mol. The summed E-state index contributed by atoms with van der Waals surface area (Å²) in [7, 11) is 0. The number of hydrogen-bond acceptors (Lipinski definition) is 3. The van der Waals surface area contributed by atoms with Gasteiger partial charge < -0.3 is 19.5 Å². The molecular formula is C20H23F2N3O3. The van der Waals surface area contributed by atoms with Gasteiger partial charge in [-0.15, -0.1) is 0 Å². The van der Waals surface area contributed by atoms with E-state index in [0.717, 1.165) is 25.0 Å². The number of H-pyrrole nitrogens is 1. The molecule has 0 radical (unpaired) electrons. The Labute approximate surface area is 161 Å².